The quantitative estimate of drug-likeness (QED) is 0.0129. The molecule has 0 spiro atoms. The zero-order valence-electron chi connectivity index (χ0n) is 42.9. The first kappa shape index (κ1) is 65.8. The van der Waals surface area contributed by atoms with Crippen LogP contribution in [0.1, 0.15) is 226 Å². The van der Waals surface area contributed by atoms with Gasteiger partial charge in [-0.25, -0.2) is 9.13 Å². The zero-order chi connectivity index (χ0) is 51.2. The van der Waals surface area contributed by atoms with Crippen molar-refractivity contribution in [3.63, 3.8) is 0 Å². The van der Waals surface area contributed by atoms with E-state index in [1.54, 1.807) is 6.08 Å². The van der Waals surface area contributed by atoms with E-state index in [-0.39, 0.29) is 31.1 Å². The van der Waals surface area contributed by atoms with Gasteiger partial charge in [0.1, 0.15) is 12.7 Å². The van der Waals surface area contributed by atoms with Crippen molar-refractivity contribution in [2.45, 2.75) is 257 Å². The molecule has 0 bridgehead atoms. The van der Waals surface area contributed by atoms with Crippen LogP contribution in [0.3, 0.4) is 0 Å². The highest BCUT2D eigenvalue weighted by molar-refractivity contribution is 7.47. The first-order chi connectivity index (χ1) is 33.0. The van der Waals surface area contributed by atoms with Gasteiger partial charge in [0, 0.05) is 25.2 Å². The average molecular weight is 1030 g/mol. The number of phosphoric acid groups is 2. The minimum atomic E-state index is -4.90. The first-order valence-electron chi connectivity index (χ1n) is 27.0. The van der Waals surface area contributed by atoms with Gasteiger partial charge in [0.2, 0.25) is 0 Å². The van der Waals surface area contributed by atoms with E-state index in [9.17, 15) is 44.0 Å². The van der Waals surface area contributed by atoms with E-state index < -0.39 is 84.5 Å². The van der Waals surface area contributed by atoms with E-state index in [2.05, 4.69) is 25.3 Å². The van der Waals surface area contributed by atoms with Crippen molar-refractivity contribution in [3.8, 4) is 0 Å². The average Bonchev–Trinajstić information content (AvgIpc) is 3.57. The maximum Gasteiger partial charge on any atom is 0.472 e. The third-order valence-electron chi connectivity index (χ3n) is 13.3. The Morgan fingerprint density at radius 3 is 1.61 bits per heavy atom. The van der Waals surface area contributed by atoms with E-state index >= 15 is 0 Å². The minimum Gasteiger partial charge on any atom is -0.462 e. The first-order valence-corrected chi connectivity index (χ1v) is 30.1. The smallest absolute Gasteiger partial charge is 0.462 e. The molecule has 1 saturated carbocycles. The second-order valence-corrected chi connectivity index (χ2v) is 22.4. The molecule has 0 aromatic rings. The van der Waals surface area contributed by atoms with Crippen LogP contribution in [-0.2, 0) is 41.8 Å². The van der Waals surface area contributed by atoms with Crippen molar-refractivity contribution in [2.24, 2.45) is 17.8 Å². The van der Waals surface area contributed by atoms with Gasteiger partial charge in [-0.15, -0.1) is 0 Å². The molecule has 1 aliphatic carbocycles. The molecule has 2 unspecified atom stereocenters. The molecular weight excluding hydrogens is 930 g/mol. The lowest BCUT2D eigenvalue weighted by Crippen LogP contribution is -2.30. The Morgan fingerprint density at radius 1 is 0.594 bits per heavy atom. The summed E-state index contributed by atoms with van der Waals surface area (Å²) in [5.74, 6) is -0.669. The van der Waals surface area contributed by atoms with Crippen LogP contribution >= 0.6 is 15.6 Å². The molecular formula is C51H98O16P2. The molecule has 0 aromatic heterocycles. The summed E-state index contributed by atoms with van der Waals surface area (Å²) < 4.78 is 48.1. The topological polar surface area (TPSA) is 256 Å². The summed E-state index contributed by atoms with van der Waals surface area (Å²) in [5.41, 5.74) is 0. The van der Waals surface area contributed by atoms with Gasteiger partial charge < -0.3 is 44.6 Å². The van der Waals surface area contributed by atoms with Crippen molar-refractivity contribution in [1.82, 2.24) is 0 Å². The summed E-state index contributed by atoms with van der Waals surface area (Å²) in [7, 11) is -9.77. The Kier molecular flexibility index (Phi) is 39.2. The summed E-state index contributed by atoms with van der Waals surface area (Å²) in [6.07, 6.45) is 31.1. The van der Waals surface area contributed by atoms with Crippen molar-refractivity contribution < 1.29 is 76.9 Å². The van der Waals surface area contributed by atoms with Crippen molar-refractivity contribution in [1.29, 1.82) is 0 Å². The highest BCUT2D eigenvalue weighted by Crippen LogP contribution is 2.44. The maximum atomic E-state index is 12.9. The van der Waals surface area contributed by atoms with E-state index in [1.165, 1.54) is 103 Å². The fraction of sp³-hybridized carbons (Fsp3) is 0.922. The van der Waals surface area contributed by atoms with Crippen molar-refractivity contribution in [3.05, 3.63) is 12.2 Å². The Morgan fingerprint density at radius 2 is 1.07 bits per heavy atom. The van der Waals surface area contributed by atoms with Crippen LogP contribution in [0.2, 0.25) is 0 Å². The van der Waals surface area contributed by atoms with E-state index in [0.29, 0.717) is 32.1 Å². The Labute approximate surface area is 416 Å². The zero-order valence-corrected chi connectivity index (χ0v) is 44.7. The van der Waals surface area contributed by atoms with Crippen LogP contribution < -0.4 is 0 Å². The highest BCUT2D eigenvalue weighted by atomic mass is 31.2. The van der Waals surface area contributed by atoms with Gasteiger partial charge in [-0.05, 0) is 37.5 Å². The van der Waals surface area contributed by atoms with E-state index in [1.807, 2.05) is 6.08 Å². The number of rotatable bonds is 47. The molecule has 408 valence electrons. The summed E-state index contributed by atoms with van der Waals surface area (Å²) in [4.78, 5) is 53.2. The number of esters is 2. The van der Waals surface area contributed by atoms with Crippen LogP contribution in [0, 0.1) is 17.8 Å². The summed E-state index contributed by atoms with van der Waals surface area (Å²) in [6, 6.07) is 0. The monoisotopic (exact) mass is 1030 g/mol. The lowest BCUT2D eigenvalue weighted by Gasteiger charge is -2.21. The van der Waals surface area contributed by atoms with Gasteiger partial charge in [0.15, 0.2) is 6.10 Å². The lowest BCUT2D eigenvalue weighted by atomic mass is 9.88. The SMILES string of the molecule is CCCCC[C@H](O)/C=C/[C@@H]1[C@@H](CCCCCCC(=O)O[C@H](COC(=O)CCCCCCCCCCCCCCCCCCCCC(C)CC)COP(=O)(O)OC[C@@H](O)COP(=O)(O)O)[C@@H](O)C[C@H]1O. The normalized spacial score (nSPS) is 20.2. The summed E-state index contributed by atoms with van der Waals surface area (Å²) in [5, 5.41) is 41.3. The second kappa shape index (κ2) is 41.1. The molecule has 0 radical (unpaired) electrons. The molecule has 0 heterocycles. The van der Waals surface area contributed by atoms with Gasteiger partial charge in [0.25, 0.3) is 0 Å². The van der Waals surface area contributed by atoms with Crippen molar-refractivity contribution in [2.75, 3.05) is 26.4 Å². The van der Waals surface area contributed by atoms with Crippen LogP contribution in [0.4, 0.5) is 0 Å². The fourth-order valence-corrected chi connectivity index (χ4v) is 9.93. The summed E-state index contributed by atoms with van der Waals surface area (Å²) in [6.45, 7) is 3.85. The molecule has 1 rings (SSSR count). The number of unbranched alkanes of at least 4 members (excludes halogenated alkanes) is 22. The molecule has 16 nitrogen and oxygen atoms in total. The molecule has 0 aromatic carbocycles. The van der Waals surface area contributed by atoms with Gasteiger partial charge in [-0.3, -0.25) is 23.2 Å². The van der Waals surface area contributed by atoms with Crippen LogP contribution in [0.25, 0.3) is 0 Å². The number of carbonyl (C=O) groups excluding carboxylic acids is 2. The standard InChI is InChI=1S/C51H98O16P2/c1-4-6-25-31-43(52)35-36-47-46(48(54)37-49(47)55)32-27-23-24-29-34-51(57)67-45(41-66-69(61,62)65-39-44(53)38-64-68(58,59)60)40-63-50(56)33-28-22-20-18-16-14-12-10-8-7-9-11-13-15-17-19-21-26-30-42(3)5-2/h35-36,42-49,52-55H,4-34,37-41H2,1-3H3,(H,61,62)(H2,58,59,60)/b36-35+/t42?,43-,44-,45+,46+,47+,48-,49+/m0/s1. The van der Waals surface area contributed by atoms with Crippen molar-refractivity contribution >= 4 is 27.6 Å². The fourth-order valence-electron chi connectivity index (χ4n) is 8.78. The number of aliphatic hydroxyl groups is 4. The highest BCUT2D eigenvalue weighted by Gasteiger charge is 2.39. The number of hydrogen-bond donors (Lipinski definition) is 7. The molecule has 0 saturated heterocycles. The molecule has 1 aliphatic rings. The van der Waals surface area contributed by atoms with Crippen LogP contribution in [0.15, 0.2) is 12.2 Å². The molecule has 1 fully saturated rings. The largest absolute Gasteiger partial charge is 0.472 e. The second-order valence-electron chi connectivity index (χ2n) is 19.7. The number of phosphoric ester groups is 2. The van der Waals surface area contributed by atoms with E-state index in [0.717, 1.165) is 57.3 Å². The molecule has 18 heteroatoms. The molecule has 9 atom stereocenters. The predicted octanol–water partition coefficient (Wildman–Crippen LogP) is 11.1. The molecule has 0 amide bonds. The number of ether oxygens (including phenoxy) is 2. The molecule has 69 heavy (non-hydrogen) atoms. The lowest BCUT2D eigenvalue weighted by molar-refractivity contribution is -0.161. The number of hydrogen-bond acceptors (Lipinski definition) is 13. The van der Waals surface area contributed by atoms with Gasteiger partial charge in [-0.1, -0.05) is 193 Å². The third-order valence-corrected chi connectivity index (χ3v) is 14.7. The third kappa shape index (κ3) is 38.1. The molecule has 0 aliphatic heterocycles. The van der Waals surface area contributed by atoms with Gasteiger partial charge in [-0.2, -0.15) is 0 Å². The van der Waals surface area contributed by atoms with E-state index in [4.69, 9.17) is 28.3 Å². The predicted molar refractivity (Wildman–Crippen MR) is 269 cm³/mol. The maximum absolute atomic E-state index is 12.9. The minimum absolute atomic E-state index is 0.00853. The summed E-state index contributed by atoms with van der Waals surface area (Å²) >= 11 is 0. The van der Waals surface area contributed by atoms with Crippen LogP contribution in [0.5, 0.6) is 0 Å². The van der Waals surface area contributed by atoms with Gasteiger partial charge in [0.05, 0.1) is 38.1 Å². The Balaban J connectivity index is 2.40. The van der Waals surface area contributed by atoms with Gasteiger partial charge >= 0.3 is 27.6 Å². The number of carbonyl (C=O) groups is 2. The Bertz CT molecular complexity index is 1400. The number of aliphatic hydroxyl groups excluding tert-OH is 4. The molecule has 7 N–H and O–H groups in total. The van der Waals surface area contributed by atoms with Crippen LogP contribution in [-0.4, -0.2) is 104 Å². The Hall–Kier alpha value is -1.26.